The summed E-state index contributed by atoms with van der Waals surface area (Å²) >= 11 is 1.35. The number of hydrogen-bond acceptors (Lipinski definition) is 7. The van der Waals surface area contributed by atoms with Crippen LogP contribution in [0.15, 0.2) is 47.4 Å². The van der Waals surface area contributed by atoms with Crippen LogP contribution in [0.4, 0.5) is 11.4 Å². The molecule has 10 heteroatoms. The Morgan fingerprint density at radius 3 is 2.33 bits per heavy atom. The van der Waals surface area contributed by atoms with Gasteiger partial charge in [-0.25, -0.2) is 13.4 Å². The lowest BCUT2D eigenvalue weighted by Crippen LogP contribution is -2.16. The highest BCUT2D eigenvalue weighted by Gasteiger charge is 2.22. The highest BCUT2D eigenvalue weighted by molar-refractivity contribution is 7.92. The topological polar surface area (TPSA) is 107 Å². The van der Waals surface area contributed by atoms with Gasteiger partial charge in [-0.1, -0.05) is 13.8 Å². The van der Waals surface area contributed by atoms with E-state index in [0.29, 0.717) is 33.6 Å². The molecule has 1 amide bonds. The molecule has 2 aromatic carbocycles. The predicted molar refractivity (Wildman–Crippen MR) is 130 cm³/mol. The quantitative estimate of drug-likeness (QED) is 0.450. The number of nitrogens with zero attached hydrogens (tertiary/aromatic N) is 1. The second kappa shape index (κ2) is 10.2. The maximum Gasteiger partial charge on any atom is 0.267 e. The zero-order valence-electron chi connectivity index (χ0n) is 19.1. The number of benzene rings is 2. The molecule has 1 aromatic heterocycles. The van der Waals surface area contributed by atoms with Crippen molar-refractivity contribution in [2.75, 3.05) is 24.3 Å². The van der Waals surface area contributed by atoms with E-state index in [1.54, 1.807) is 37.3 Å². The number of carbonyl (C=O) groups excluding carboxylic acids is 1. The molecule has 0 atom stereocenters. The molecule has 3 aromatic rings. The highest BCUT2D eigenvalue weighted by Crippen LogP contribution is 2.30. The first kappa shape index (κ1) is 24.5. The molecule has 0 aliphatic carbocycles. The summed E-state index contributed by atoms with van der Waals surface area (Å²) in [6.45, 7) is 5.98. The van der Waals surface area contributed by atoms with Crippen molar-refractivity contribution in [2.24, 2.45) is 5.92 Å². The van der Waals surface area contributed by atoms with Gasteiger partial charge in [0.25, 0.3) is 15.9 Å². The number of methoxy groups -OCH3 is 2. The monoisotopic (exact) mass is 489 g/mol. The zero-order chi connectivity index (χ0) is 24.2. The number of anilines is 2. The smallest absolute Gasteiger partial charge is 0.267 e. The summed E-state index contributed by atoms with van der Waals surface area (Å²) in [5.41, 5.74) is 1.34. The van der Waals surface area contributed by atoms with Crippen molar-refractivity contribution >= 4 is 38.6 Å². The second-order valence-electron chi connectivity index (χ2n) is 7.77. The lowest BCUT2D eigenvalue weighted by molar-refractivity contribution is 0.102. The standard InChI is InChI=1S/C23H27N3O5S2/c1-14(2)12-21-24-15(3)22(32-21)23(27)25-17-8-11-19(31-5)20(13-17)33(28,29)26-16-6-9-18(30-4)10-7-16/h6-11,13-14,26H,12H2,1-5H3,(H,25,27). The molecule has 0 radical (unpaired) electrons. The van der Waals surface area contributed by atoms with E-state index in [0.717, 1.165) is 11.4 Å². The van der Waals surface area contributed by atoms with Crippen LogP contribution in [0.5, 0.6) is 11.5 Å². The van der Waals surface area contributed by atoms with Gasteiger partial charge < -0.3 is 14.8 Å². The van der Waals surface area contributed by atoms with E-state index >= 15 is 0 Å². The molecule has 8 nitrogen and oxygen atoms in total. The van der Waals surface area contributed by atoms with Gasteiger partial charge in [0.1, 0.15) is 21.3 Å². The van der Waals surface area contributed by atoms with Gasteiger partial charge in [-0.05, 0) is 55.3 Å². The lowest BCUT2D eigenvalue weighted by Gasteiger charge is -2.14. The molecule has 33 heavy (non-hydrogen) atoms. The molecular weight excluding hydrogens is 462 g/mol. The number of thiazole rings is 1. The van der Waals surface area contributed by atoms with Crippen LogP contribution in [0, 0.1) is 12.8 Å². The molecule has 0 spiro atoms. The molecule has 1 heterocycles. The fourth-order valence-corrected chi connectivity index (χ4v) is 5.55. The fourth-order valence-electron chi connectivity index (χ4n) is 3.12. The predicted octanol–water partition coefficient (Wildman–Crippen LogP) is 4.72. The number of ether oxygens (including phenoxy) is 2. The SMILES string of the molecule is COc1ccc(NS(=O)(=O)c2cc(NC(=O)c3sc(CC(C)C)nc3C)ccc2OC)cc1. The first-order valence-corrected chi connectivity index (χ1v) is 12.6. The van der Waals surface area contributed by atoms with E-state index in [-0.39, 0.29) is 16.6 Å². The molecule has 0 aliphatic rings. The Bertz CT molecular complexity index is 1240. The average Bonchev–Trinajstić information content (AvgIpc) is 3.13. The number of aromatic nitrogens is 1. The van der Waals surface area contributed by atoms with Gasteiger partial charge in [0.15, 0.2) is 0 Å². The van der Waals surface area contributed by atoms with Gasteiger partial charge in [0.2, 0.25) is 0 Å². The number of sulfonamides is 1. The number of amides is 1. The molecule has 3 rings (SSSR count). The van der Waals surface area contributed by atoms with Gasteiger partial charge >= 0.3 is 0 Å². The number of aryl methyl sites for hydroxylation is 1. The molecule has 0 aliphatic heterocycles. The van der Waals surface area contributed by atoms with E-state index in [2.05, 4.69) is 28.9 Å². The van der Waals surface area contributed by atoms with Crippen LogP contribution in [0.3, 0.4) is 0 Å². The van der Waals surface area contributed by atoms with E-state index in [1.165, 1.54) is 37.7 Å². The molecular formula is C23H27N3O5S2. The number of hydrogen-bond donors (Lipinski definition) is 2. The third-order valence-corrected chi connectivity index (χ3v) is 7.26. The van der Waals surface area contributed by atoms with Crippen LogP contribution in [0.25, 0.3) is 0 Å². The van der Waals surface area contributed by atoms with E-state index in [9.17, 15) is 13.2 Å². The lowest BCUT2D eigenvalue weighted by atomic mass is 10.1. The summed E-state index contributed by atoms with van der Waals surface area (Å²) in [5.74, 6) is 0.855. The second-order valence-corrected chi connectivity index (χ2v) is 10.5. The average molecular weight is 490 g/mol. The first-order valence-electron chi connectivity index (χ1n) is 10.3. The first-order chi connectivity index (χ1) is 15.6. The van der Waals surface area contributed by atoms with Gasteiger partial charge in [-0.2, -0.15) is 0 Å². The summed E-state index contributed by atoms with van der Waals surface area (Å²) in [4.78, 5) is 17.7. The molecule has 0 saturated heterocycles. The van der Waals surface area contributed by atoms with E-state index < -0.39 is 10.0 Å². The van der Waals surface area contributed by atoms with Gasteiger partial charge in [-0.15, -0.1) is 11.3 Å². The summed E-state index contributed by atoms with van der Waals surface area (Å²) in [5, 5.41) is 3.67. The molecule has 0 saturated carbocycles. The Kier molecular flexibility index (Phi) is 7.60. The Morgan fingerprint density at radius 2 is 1.73 bits per heavy atom. The Labute approximate surface area is 198 Å². The number of carbonyl (C=O) groups is 1. The maximum absolute atomic E-state index is 13.1. The summed E-state index contributed by atoms with van der Waals surface area (Å²) in [7, 11) is -1.08. The molecule has 2 N–H and O–H groups in total. The minimum absolute atomic E-state index is 0.0971. The van der Waals surface area contributed by atoms with Gasteiger partial charge in [0, 0.05) is 17.8 Å². The fraction of sp³-hybridized carbons (Fsp3) is 0.304. The summed E-state index contributed by atoms with van der Waals surface area (Å²) < 4.78 is 39.0. The van der Waals surface area contributed by atoms with E-state index in [4.69, 9.17) is 9.47 Å². The number of nitrogens with one attached hydrogen (secondary N) is 2. The van der Waals surface area contributed by atoms with Crippen LogP contribution in [0.2, 0.25) is 0 Å². The van der Waals surface area contributed by atoms with Crippen molar-refractivity contribution in [3.8, 4) is 11.5 Å². The number of rotatable bonds is 9. The zero-order valence-corrected chi connectivity index (χ0v) is 20.8. The minimum Gasteiger partial charge on any atom is -0.497 e. The molecule has 0 unspecified atom stereocenters. The summed E-state index contributed by atoms with van der Waals surface area (Å²) in [6.07, 6.45) is 0.792. The summed E-state index contributed by atoms with van der Waals surface area (Å²) in [6, 6.07) is 10.9. The van der Waals surface area contributed by atoms with Crippen LogP contribution in [-0.4, -0.2) is 33.5 Å². The third-order valence-electron chi connectivity index (χ3n) is 4.68. The molecule has 0 bridgehead atoms. The normalized spacial score (nSPS) is 11.3. The van der Waals surface area contributed by atoms with Crippen LogP contribution in [-0.2, 0) is 16.4 Å². The maximum atomic E-state index is 13.1. The van der Waals surface area contributed by atoms with Crippen molar-refractivity contribution < 1.29 is 22.7 Å². The van der Waals surface area contributed by atoms with Crippen LogP contribution >= 0.6 is 11.3 Å². The third kappa shape index (κ3) is 6.02. The van der Waals surface area contributed by atoms with Crippen molar-refractivity contribution in [1.82, 2.24) is 4.98 Å². The van der Waals surface area contributed by atoms with Crippen molar-refractivity contribution in [3.05, 3.63) is 58.0 Å². The van der Waals surface area contributed by atoms with Crippen LogP contribution in [0.1, 0.15) is 34.2 Å². The largest absolute Gasteiger partial charge is 0.497 e. The van der Waals surface area contributed by atoms with Crippen molar-refractivity contribution in [3.63, 3.8) is 0 Å². The highest BCUT2D eigenvalue weighted by atomic mass is 32.2. The molecule has 0 fully saturated rings. The van der Waals surface area contributed by atoms with E-state index in [1.807, 2.05) is 0 Å². The van der Waals surface area contributed by atoms with Crippen LogP contribution < -0.4 is 19.5 Å². The van der Waals surface area contributed by atoms with Crippen molar-refractivity contribution in [1.29, 1.82) is 0 Å². The Hall–Kier alpha value is -3.11. The minimum atomic E-state index is -3.99. The Morgan fingerprint density at radius 1 is 1.06 bits per heavy atom. The Balaban J connectivity index is 1.85. The van der Waals surface area contributed by atoms with Crippen molar-refractivity contribution in [2.45, 2.75) is 32.1 Å². The van der Waals surface area contributed by atoms with Gasteiger partial charge in [-0.3, -0.25) is 9.52 Å². The molecule has 176 valence electrons. The van der Waals surface area contributed by atoms with Gasteiger partial charge in [0.05, 0.1) is 24.9 Å².